The molecule has 0 saturated carbocycles. The number of carbonyl (C=O) groups is 1. The quantitative estimate of drug-likeness (QED) is 0.772. The molecule has 0 aliphatic heterocycles. The van der Waals surface area contributed by atoms with Crippen LogP contribution in [-0.4, -0.2) is 41.1 Å². The van der Waals surface area contributed by atoms with E-state index in [4.69, 9.17) is 9.72 Å². The number of ether oxygens (including phenoxy) is 1. The number of fused-ring (bicyclic) bond motifs is 3. The van der Waals surface area contributed by atoms with Crippen molar-refractivity contribution in [3.8, 4) is 0 Å². The molecular weight excluding hydrogens is 326 g/mol. The van der Waals surface area contributed by atoms with Crippen molar-refractivity contribution in [2.75, 3.05) is 20.7 Å². The molecule has 0 atom stereocenters. The van der Waals surface area contributed by atoms with Crippen molar-refractivity contribution >= 4 is 27.5 Å². The van der Waals surface area contributed by atoms with Crippen molar-refractivity contribution < 1.29 is 9.53 Å². The SMILES string of the molecule is CCOC(=O)Cn1c(CN(C)C)nc2sc3c(c2c1=O)CCCC3. The zero-order chi connectivity index (χ0) is 17.3. The molecule has 1 aliphatic carbocycles. The maximum Gasteiger partial charge on any atom is 0.326 e. The Hall–Kier alpha value is -1.73. The van der Waals surface area contributed by atoms with Gasteiger partial charge in [0.1, 0.15) is 17.2 Å². The first-order chi connectivity index (χ1) is 11.5. The topological polar surface area (TPSA) is 64.4 Å². The van der Waals surface area contributed by atoms with Crippen molar-refractivity contribution in [2.45, 2.75) is 45.7 Å². The van der Waals surface area contributed by atoms with Gasteiger partial charge in [-0.1, -0.05) is 0 Å². The van der Waals surface area contributed by atoms with Crippen LogP contribution < -0.4 is 5.56 Å². The molecule has 3 rings (SSSR count). The van der Waals surface area contributed by atoms with Crippen molar-refractivity contribution in [3.63, 3.8) is 0 Å². The van der Waals surface area contributed by atoms with E-state index in [1.165, 1.54) is 15.9 Å². The number of aromatic nitrogens is 2. The standard InChI is InChI=1S/C17H23N3O3S/c1-4-23-14(21)10-20-13(9-19(2)3)18-16-15(17(20)22)11-7-5-6-8-12(11)24-16/h4-10H2,1-3H3. The lowest BCUT2D eigenvalue weighted by molar-refractivity contribution is -0.143. The lowest BCUT2D eigenvalue weighted by Gasteiger charge is -2.16. The summed E-state index contributed by atoms with van der Waals surface area (Å²) >= 11 is 1.63. The maximum absolute atomic E-state index is 13.1. The molecule has 1 aliphatic rings. The summed E-state index contributed by atoms with van der Waals surface area (Å²) in [5.41, 5.74) is 1.04. The molecule has 2 aromatic rings. The third-order valence-electron chi connectivity index (χ3n) is 4.20. The second-order valence-corrected chi connectivity index (χ2v) is 7.44. The fraction of sp³-hybridized carbons (Fsp3) is 0.588. The molecule has 7 heteroatoms. The number of rotatable bonds is 5. The number of esters is 1. The second kappa shape index (κ2) is 7.03. The fourth-order valence-corrected chi connectivity index (χ4v) is 4.45. The number of carbonyl (C=O) groups excluding carboxylic acids is 1. The van der Waals surface area contributed by atoms with Gasteiger partial charge in [-0.25, -0.2) is 4.98 Å². The van der Waals surface area contributed by atoms with E-state index in [1.807, 2.05) is 19.0 Å². The van der Waals surface area contributed by atoms with E-state index in [1.54, 1.807) is 18.3 Å². The lowest BCUT2D eigenvalue weighted by atomic mass is 9.97. The van der Waals surface area contributed by atoms with Crippen LogP contribution in [0.3, 0.4) is 0 Å². The zero-order valence-electron chi connectivity index (χ0n) is 14.4. The van der Waals surface area contributed by atoms with Crippen LogP contribution in [0.25, 0.3) is 10.2 Å². The number of aryl methyl sites for hydroxylation is 2. The average molecular weight is 349 g/mol. The van der Waals surface area contributed by atoms with Crippen molar-refractivity contribution in [1.82, 2.24) is 14.5 Å². The van der Waals surface area contributed by atoms with Gasteiger partial charge in [0.2, 0.25) is 0 Å². The van der Waals surface area contributed by atoms with Gasteiger partial charge in [-0.3, -0.25) is 14.2 Å². The minimum Gasteiger partial charge on any atom is -0.465 e. The second-order valence-electron chi connectivity index (χ2n) is 6.35. The first kappa shape index (κ1) is 17.1. The van der Waals surface area contributed by atoms with Gasteiger partial charge in [0.25, 0.3) is 5.56 Å². The Morgan fingerprint density at radius 3 is 2.79 bits per heavy atom. The minimum atomic E-state index is -0.398. The lowest BCUT2D eigenvalue weighted by Crippen LogP contribution is -2.31. The van der Waals surface area contributed by atoms with Crippen molar-refractivity contribution in [1.29, 1.82) is 0 Å². The van der Waals surface area contributed by atoms with Gasteiger partial charge in [0.05, 0.1) is 18.5 Å². The predicted molar refractivity (Wildman–Crippen MR) is 94.5 cm³/mol. The number of thiophene rings is 1. The number of hydrogen-bond donors (Lipinski definition) is 0. The van der Waals surface area contributed by atoms with Gasteiger partial charge in [0, 0.05) is 4.88 Å². The Kier molecular flexibility index (Phi) is 5.01. The smallest absolute Gasteiger partial charge is 0.326 e. The van der Waals surface area contributed by atoms with Crippen LogP contribution in [-0.2, 0) is 35.5 Å². The summed E-state index contributed by atoms with van der Waals surface area (Å²) in [6.45, 7) is 2.49. The highest BCUT2D eigenvalue weighted by Crippen LogP contribution is 2.33. The number of nitrogens with zero attached hydrogens (tertiary/aromatic N) is 3. The van der Waals surface area contributed by atoms with Gasteiger partial charge < -0.3 is 9.64 Å². The highest BCUT2D eigenvalue weighted by atomic mass is 32.1. The Morgan fingerprint density at radius 2 is 2.08 bits per heavy atom. The summed E-state index contributed by atoms with van der Waals surface area (Å²) < 4.78 is 6.52. The zero-order valence-corrected chi connectivity index (χ0v) is 15.2. The highest BCUT2D eigenvalue weighted by Gasteiger charge is 2.23. The molecule has 0 saturated heterocycles. The minimum absolute atomic E-state index is 0.0800. The molecule has 2 aromatic heterocycles. The normalized spacial score (nSPS) is 14.2. The first-order valence-electron chi connectivity index (χ1n) is 8.35. The molecule has 0 spiro atoms. The average Bonchev–Trinajstić information content (AvgIpc) is 2.89. The maximum atomic E-state index is 13.1. The summed E-state index contributed by atoms with van der Waals surface area (Å²) in [4.78, 5) is 33.8. The van der Waals surface area contributed by atoms with Crippen LogP contribution in [0.4, 0.5) is 0 Å². The third kappa shape index (κ3) is 3.23. The molecule has 0 amide bonds. The largest absolute Gasteiger partial charge is 0.465 e. The summed E-state index contributed by atoms with van der Waals surface area (Å²) in [5.74, 6) is 0.217. The Balaban J connectivity index is 2.16. The predicted octanol–water partition coefficient (Wildman–Crippen LogP) is 1.96. The van der Waals surface area contributed by atoms with E-state index in [2.05, 4.69) is 0 Å². The monoisotopic (exact) mass is 349 g/mol. The van der Waals surface area contributed by atoms with E-state index in [0.717, 1.165) is 29.7 Å². The Bertz CT molecular complexity index is 823. The molecule has 0 fully saturated rings. The van der Waals surface area contributed by atoms with Crippen LogP contribution >= 0.6 is 11.3 Å². The van der Waals surface area contributed by atoms with Crippen LogP contribution in [0.1, 0.15) is 36.0 Å². The fourth-order valence-electron chi connectivity index (χ4n) is 3.18. The van der Waals surface area contributed by atoms with E-state index in [9.17, 15) is 9.59 Å². The van der Waals surface area contributed by atoms with Crippen LogP contribution in [0.5, 0.6) is 0 Å². The molecule has 24 heavy (non-hydrogen) atoms. The van der Waals surface area contributed by atoms with Crippen LogP contribution in [0.2, 0.25) is 0 Å². The summed E-state index contributed by atoms with van der Waals surface area (Å²) in [6.07, 6.45) is 4.23. The molecular formula is C17H23N3O3S. The van der Waals surface area contributed by atoms with Gasteiger partial charge in [0.15, 0.2) is 0 Å². The van der Waals surface area contributed by atoms with Gasteiger partial charge in [-0.2, -0.15) is 0 Å². The molecule has 130 valence electrons. The molecule has 2 heterocycles. The third-order valence-corrected chi connectivity index (χ3v) is 5.39. The van der Waals surface area contributed by atoms with Crippen molar-refractivity contribution in [3.05, 3.63) is 26.6 Å². The summed E-state index contributed by atoms with van der Waals surface area (Å²) in [6, 6.07) is 0. The Labute approximate surface area is 145 Å². The molecule has 0 unspecified atom stereocenters. The molecule has 0 bridgehead atoms. The molecule has 0 N–H and O–H groups in total. The van der Waals surface area contributed by atoms with E-state index in [0.29, 0.717) is 24.4 Å². The highest BCUT2D eigenvalue weighted by molar-refractivity contribution is 7.18. The van der Waals surface area contributed by atoms with Crippen LogP contribution in [0.15, 0.2) is 4.79 Å². The molecule has 0 radical (unpaired) electrons. The van der Waals surface area contributed by atoms with E-state index < -0.39 is 5.97 Å². The van der Waals surface area contributed by atoms with Gasteiger partial charge in [-0.15, -0.1) is 11.3 Å². The van der Waals surface area contributed by atoms with E-state index >= 15 is 0 Å². The van der Waals surface area contributed by atoms with E-state index in [-0.39, 0.29) is 12.1 Å². The summed E-state index contributed by atoms with van der Waals surface area (Å²) in [5, 5.41) is 0.710. The number of hydrogen-bond acceptors (Lipinski definition) is 6. The van der Waals surface area contributed by atoms with Gasteiger partial charge >= 0.3 is 5.97 Å². The van der Waals surface area contributed by atoms with Crippen LogP contribution in [0, 0.1) is 0 Å². The summed E-state index contributed by atoms with van der Waals surface area (Å²) in [7, 11) is 3.84. The molecule has 6 nitrogen and oxygen atoms in total. The van der Waals surface area contributed by atoms with Crippen molar-refractivity contribution in [2.24, 2.45) is 0 Å². The molecule has 0 aromatic carbocycles. The van der Waals surface area contributed by atoms with Gasteiger partial charge in [-0.05, 0) is 52.3 Å². The first-order valence-corrected chi connectivity index (χ1v) is 9.17. The Morgan fingerprint density at radius 1 is 1.33 bits per heavy atom.